The van der Waals surface area contributed by atoms with Crippen LogP contribution in [0.3, 0.4) is 0 Å². The molecule has 1 amide bonds. The standard InChI is InChI=1S/C13H16N2O6/c1-13(2,3)12(17)21-14-11(16)8-5-9(15(18)19)7-10(6-8)20-4/h5-7H,1-4H3,(H,14,16). The number of hydrogen-bond acceptors (Lipinski definition) is 6. The zero-order valence-corrected chi connectivity index (χ0v) is 12.1. The van der Waals surface area contributed by atoms with Crippen LogP contribution < -0.4 is 10.2 Å². The molecule has 0 radical (unpaired) electrons. The van der Waals surface area contributed by atoms with E-state index in [2.05, 4.69) is 4.84 Å². The third-order valence-corrected chi connectivity index (χ3v) is 2.45. The summed E-state index contributed by atoms with van der Waals surface area (Å²) in [5.41, 5.74) is 0.815. The number of hydroxylamine groups is 1. The van der Waals surface area contributed by atoms with Gasteiger partial charge in [-0.2, -0.15) is 5.48 Å². The van der Waals surface area contributed by atoms with Crippen molar-refractivity contribution in [2.75, 3.05) is 7.11 Å². The fourth-order valence-electron chi connectivity index (χ4n) is 1.24. The molecule has 1 rings (SSSR count). The highest BCUT2D eigenvalue weighted by atomic mass is 16.7. The second-order valence-electron chi connectivity index (χ2n) is 5.25. The lowest BCUT2D eigenvalue weighted by Gasteiger charge is -2.16. The van der Waals surface area contributed by atoms with E-state index < -0.39 is 22.2 Å². The highest BCUT2D eigenvalue weighted by Gasteiger charge is 2.25. The molecule has 0 saturated heterocycles. The molecule has 1 aromatic carbocycles. The van der Waals surface area contributed by atoms with Crippen LogP contribution in [-0.4, -0.2) is 23.9 Å². The molecule has 0 aliphatic rings. The van der Waals surface area contributed by atoms with Crippen LogP contribution in [0.1, 0.15) is 31.1 Å². The Morgan fingerprint density at radius 3 is 2.33 bits per heavy atom. The molecule has 1 aromatic rings. The molecule has 114 valence electrons. The number of ether oxygens (including phenoxy) is 1. The van der Waals surface area contributed by atoms with Crippen LogP contribution in [0.4, 0.5) is 5.69 Å². The predicted molar refractivity (Wildman–Crippen MR) is 72.7 cm³/mol. The Labute approximate surface area is 121 Å². The number of carbonyl (C=O) groups is 2. The lowest BCUT2D eigenvalue weighted by molar-refractivity contribution is -0.385. The maximum atomic E-state index is 11.9. The van der Waals surface area contributed by atoms with E-state index in [1.165, 1.54) is 19.2 Å². The zero-order valence-electron chi connectivity index (χ0n) is 12.1. The summed E-state index contributed by atoms with van der Waals surface area (Å²) in [5, 5.41) is 10.8. The number of rotatable bonds is 3. The van der Waals surface area contributed by atoms with Gasteiger partial charge in [0.05, 0.1) is 29.1 Å². The van der Waals surface area contributed by atoms with Crippen LogP contribution in [0.25, 0.3) is 0 Å². The largest absolute Gasteiger partial charge is 0.496 e. The molecule has 0 unspecified atom stereocenters. The van der Waals surface area contributed by atoms with Gasteiger partial charge in [0.1, 0.15) is 5.75 Å². The van der Waals surface area contributed by atoms with Crippen molar-refractivity contribution in [3.8, 4) is 5.75 Å². The minimum absolute atomic E-state index is 0.0530. The van der Waals surface area contributed by atoms with E-state index in [0.717, 1.165) is 6.07 Å². The fraction of sp³-hybridized carbons (Fsp3) is 0.385. The molecule has 0 aliphatic carbocycles. The summed E-state index contributed by atoms with van der Waals surface area (Å²) in [6, 6.07) is 3.54. The summed E-state index contributed by atoms with van der Waals surface area (Å²) in [7, 11) is 1.32. The lowest BCUT2D eigenvalue weighted by atomic mass is 9.98. The molecule has 0 atom stereocenters. The van der Waals surface area contributed by atoms with Crippen LogP contribution in [0.15, 0.2) is 18.2 Å². The molecular formula is C13H16N2O6. The molecule has 0 saturated carbocycles. The van der Waals surface area contributed by atoms with E-state index in [-0.39, 0.29) is 17.0 Å². The van der Waals surface area contributed by atoms with Gasteiger partial charge < -0.3 is 9.57 Å². The van der Waals surface area contributed by atoms with Crippen molar-refractivity contribution >= 4 is 17.6 Å². The van der Waals surface area contributed by atoms with E-state index in [1.807, 2.05) is 5.48 Å². The van der Waals surface area contributed by atoms with Gasteiger partial charge in [0, 0.05) is 6.07 Å². The highest BCUT2D eigenvalue weighted by Crippen LogP contribution is 2.22. The third-order valence-electron chi connectivity index (χ3n) is 2.45. The number of amides is 1. The lowest BCUT2D eigenvalue weighted by Crippen LogP contribution is -2.33. The molecule has 0 aliphatic heterocycles. The van der Waals surface area contributed by atoms with Gasteiger partial charge in [-0.05, 0) is 26.8 Å². The summed E-state index contributed by atoms with van der Waals surface area (Å²) >= 11 is 0. The molecule has 0 fully saturated rings. The van der Waals surface area contributed by atoms with Gasteiger partial charge in [-0.3, -0.25) is 14.9 Å². The van der Waals surface area contributed by atoms with E-state index in [0.29, 0.717) is 0 Å². The van der Waals surface area contributed by atoms with Crippen molar-refractivity contribution in [2.45, 2.75) is 20.8 Å². The number of nitrogens with one attached hydrogen (secondary N) is 1. The highest BCUT2D eigenvalue weighted by molar-refractivity contribution is 5.95. The molecule has 8 heteroatoms. The van der Waals surface area contributed by atoms with Crippen molar-refractivity contribution in [3.05, 3.63) is 33.9 Å². The first-order valence-corrected chi connectivity index (χ1v) is 6.00. The zero-order chi connectivity index (χ0) is 16.2. The van der Waals surface area contributed by atoms with Crippen LogP contribution in [-0.2, 0) is 9.63 Å². The molecule has 0 heterocycles. The van der Waals surface area contributed by atoms with Gasteiger partial charge in [-0.1, -0.05) is 0 Å². The van der Waals surface area contributed by atoms with Crippen molar-refractivity contribution in [1.29, 1.82) is 0 Å². The fourth-order valence-corrected chi connectivity index (χ4v) is 1.24. The maximum Gasteiger partial charge on any atom is 0.337 e. The normalized spacial score (nSPS) is 10.7. The Kier molecular flexibility index (Phi) is 4.85. The van der Waals surface area contributed by atoms with E-state index in [1.54, 1.807) is 20.8 Å². The van der Waals surface area contributed by atoms with Gasteiger partial charge in [0.25, 0.3) is 11.6 Å². The Hall–Kier alpha value is -2.64. The molecule has 8 nitrogen and oxygen atoms in total. The Morgan fingerprint density at radius 2 is 1.86 bits per heavy atom. The molecule has 0 bridgehead atoms. The van der Waals surface area contributed by atoms with E-state index in [4.69, 9.17) is 4.74 Å². The van der Waals surface area contributed by atoms with Crippen molar-refractivity contribution in [3.63, 3.8) is 0 Å². The monoisotopic (exact) mass is 296 g/mol. The Balaban J connectivity index is 2.90. The molecule has 0 aromatic heterocycles. The smallest absolute Gasteiger partial charge is 0.337 e. The third kappa shape index (κ3) is 4.44. The minimum Gasteiger partial charge on any atom is -0.496 e. The minimum atomic E-state index is -0.784. The number of non-ortho nitro benzene ring substituents is 1. The number of nitro groups is 1. The second-order valence-corrected chi connectivity index (χ2v) is 5.25. The Bertz CT molecular complexity index is 577. The molecular weight excluding hydrogens is 280 g/mol. The average molecular weight is 296 g/mol. The Morgan fingerprint density at radius 1 is 1.24 bits per heavy atom. The van der Waals surface area contributed by atoms with Gasteiger partial charge >= 0.3 is 5.97 Å². The number of nitrogens with zero attached hydrogens (tertiary/aromatic N) is 1. The maximum absolute atomic E-state index is 11.9. The quantitative estimate of drug-likeness (QED) is 0.673. The summed E-state index contributed by atoms with van der Waals surface area (Å²) < 4.78 is 4.88. The van der Waals surface area contributed by atoms with Crippen molar-refractivity contribution in [1.82, 2.24) is 5.48 Å². The summed E-state index contributed by atoms with van der Waals surface area (Å²) in [6.45, 7) is 4.87. The number of hydrogen-bond donors (Lipinski definition) is 1. The van der Waals surface area contributed by atoms with Crippen molar-refractivity contribution < 1.29 is 24.1 Å². The van der Waals surface area contributed by atoms with Crippen LogP contribution >= 0.6 is 0 Å². The van der Waals surface area contributed by atoms with Crippen LogP contribution in [0.2, 0.25) is 0 Å². The summed E-state index contributed by atoms with van der Waals surface area (Å²) in [6.07, 6.45) is 0. The molecule has 1 N–H and O–H groups in total. The summed E-state index contributed by atoms with van der Waals surface area (Å²) in [4.78, 5) is 38.2. The molecule has 0 spiro atoms. The van der Waals surface area contributed by atoms with Gasteiger partial charge in [-0.25, -0.2) is 4.79 Å². The predicted octanol–water partition coefficient (Wildman–Crippen LogP) is 1.84. The van der Waals surface area contributed by atoms with Gasteiger partial charge in [0.2, 0.25) is 0 Å². The number of methoxy groups -OCH3 is 1. The number of nitro benzene ring substituents is 1. The van der Waals surface area contributed by atoms with Crippen LogP contribution in [0.5, 0.6) is 5.75 Å². The van der Waals surface area contributed by atoms with Gasteiger partial charge in [-0.15, -0.1) is 0 Å². The number of carbonyl (C=O) groups excluding carboxylic acids is 2. The summed E-state index contributed by atoms with van der Waals surface area (Å²) in [5.74, 6) is -1.26. The van der Waals surface area contributed by atoms with Gasteiger partial charge in [0.15, 0.2) is 0 Å². The van der Waals surface area contributed by atoms with Crippen LogP contribution in [0, 0.1) is 15.5 Å². The number of benzene rings is 1. The average Bonchev–Trinajstić information content (AvgIpc) is 2.42. The second kappa shape index (κ2) is 6.21. The first-order chi connectivity index (χ1) is 9.65. The van der Waals surface area contributed by atoms with E-state index in [9.17, 15) is 19.7 Å². The van der Waals surface area contributed by atoms with E-state index >= 15 is 0 Å². The topological polar surface area (TPSA) is 108 Å². The van der Waals surface area contributed by atoms with Crippen molar-refractivity contribution in [2.24, 2.45) is 5.41 Å². The first kappa shape index (κ1) is 16.4. The first-order valence-electron chi connectivity index (χ1n) is 6.00. The SMILES string of the molecule is COc1cc(C(=O)NOC(=O)C(C)(C)C)cc([N+](=O)[O-])c1. The molecule has 21 heavy (non-hydrogen) atoms.